The molecule has 1 amide bonds. The fraction of sp³-hybridized carbons (Fsp3) is 0.385. The molecule has 0 radical (unpaired) electrons. The number of hydrogen-bond acceptors (Lipinski definition) is 2. The lowest BCUT2D eigenvalue weighted by atomic mass is 9.99. The van der Waals surface area contributed by atoms with Crippen LogP contribution in [-0.4, -0.2) is 15.5 Å². The molecule has 0 unspecified atom stereocenters. The molecule has 0 spiro atoms. The highest BCUT2D eigenvalue weighted by Gasteiger charge is 2.28. The average molecular weight is 410 g/mol. The molecule has 0 saturated carbocycles. The molecule has 2 N–H and O–H groups in total. The molecular weight excluding hydrogens is 396 g/mol. The standard InChI is InChI=1S/C13H14ClFIN3O/c1-13(2,5-11(17)20)19-10-3-7(15)8(16)4-9(10)18-12(19)6-14/h3-4H,5-6H2,1-2H3,(H2,17,20). The van der Waals surface area contributed by atoms with E-state index in [1.165, 1.54) is 6.07 Å². The molecule has 1 heterocycles. The summed E-state index contributed by atoms with van der Waals surface area (Å²) in [7, 11) is 0. The van der Waals surface area contributed by atoms with Crippen molar-refractivity contribution in [1.82, 2.24) is 9.55 Å². The first-order valence-electron chi connectivity index (χ1n) is 5.97. The van der Waals surface area contributed by atoms with Gasteiger partial charge in [0.05, 0.1) is 20.5 Å². The fourth-order valence-corrected chi connectivity index (χ4v) is 3.02. The third kappa shape index (κ3) is 2.76. The number of imidazole rings is 1. The number of primary amides is 1. The van der Waals surface area contributed by atoms with E-state index in [1.807, 2.05) is 36.4 Å². The normalized spacial score (nSPS) is 12.1. The zero-order valence-electron chi connectivity index (χ0n) is 11.1. The number of halogens is 3. The molecule has 2 aromatic rings. The lowest BCUT2D eigenvalue weighted by molar-refractivity contribution is -0.119. The predicted octanol–water partition coefficient (Wildman–Crippen LogP) is 3.13. The summed E-state index contributed by atoms with van der Waals surface area (Å²) in [5, 5.41) is 0. The summed E-state index contributed by atoms with van der Waals surface area (Å²) in [6.07, 6.45) is 0.121. The molecule has 0 atom stereocenters. The van der Waals surface area contributed by atoms with Gasteiger partial charge in [-0.1, -0.05) is 0 Å². The van der Waals surface area contributed by atoms with Crippen LogP contribution in [0.3, 0.4) is 0 Å². The van der Waals surface area contributed by atoms with Crippen LogP contribution in [0.25, 0.3) is 11.0 Å². The number of rotatable bonds is 4. The number of alkyl halides is 1. The van der Waals surface area contributed by atoms with Gasteiger partial charge in [-0.2, -0.15) is 0 Å². The molecule has 0 saturated heterocycles. The molecule has 0 aliphatic rings. The Morgan fingerprint density at radius 3 is 2.75 bits per heavy atom. The summed E-state index contributed by atoms with van der Waals surface area (Å²) in [5.41, 5.74) is 5.94. The molecule has 0 fully saturated rings. The smallest absolute Gasteiger partial charge is 0.219 e. The lowest BCUT2D eigenvalue weighted by Crippen LogP contribution is -2.33. The second-order valence-electron chi connectivity index (χ2n) is 5.21. The highest BCUT2D eigenvalue weighted by Crippen LogP contribution is 2.30. The van der Waals surface area contributed by atoms with Gasteiger partial charge in [-0.15, -0.1) is 11.6 Å². The molecule has 0 bridgehead atoms. The minimum absolute atomic E-state index is 0.121. The van der Waals surface area contributed by atoms with Crippen LogP contribution in [-0.2, 0) is 16.2 Å². The Kier molecular flexibility index (Phi) is 4.24. The number of hydrogen-bond donors (Lipinski definition) is 1. The molecule has 108 valence electrons. The van der Waals surface area contributed by atoms with Gasteiger partial charge in [0.15, 0.2) is 0 Å². The fourth-order valence-electron chi connectivity index (χ4n) is 2.39. The van der Waals surface area contributed by atoms with Gasteiger partial charge in [0.1, 0.15) is 11.6 Å². The Balaban J connectivity index is 2.72. The van der Waals surface area contributed by atoms with Crippen molar-refractivity contribution in [3.63, 3.8) is 0 Å². The van der Waals surface area contributed by atoms with E-state index >= 15 is 0 Å². The first-order chi connectivity index (χ1) is 9.26. The first kappa shape index (κ1) is 15.5. The van der Waals surface area contributed by atoms with Gasteiger partial charge >= 0.3 is 0 Å². The molecule has 2 rings (SSSR count). The Morgan fingerprint density at radius 2 is 2.20 bits per heavy atom. The van der Waals surface area contributed by atoms with Crippen molar-refractivity contribution in [2.24, 2.45) is 5.73 Å². The van der Waals surface area contributed by atoms with Crippen LogP contribution in [0.1, 0.15) is 26.1 Å². The van der Waals surface area contributed by atoms with E-state index < -0.39 is 11.4 Å². The Bertz CT molecular complexity index is 684. The second-order valence-corrected chi connectivity index (χ2v) is 6.64. The zero-order valence-corrected chi connectivity index (χ0v) is 14.0. The minimum atomic E-state index is -0.621. The summed E-state index contributed by atoms with van der Waals surface area (Å²) in [6, 6.07) is 3.08. The van der Waals surface area contributed by atoms with Crippen molar-refractivity contribution in [1.29, 1.82) is 0 Å². The maximum atomic E-state index is 13.8. The largest absolute Gasteiger partial charge is 0.370 e. The SMILES string of the molecule is CC(C)(CC(N)=O)n1c(CCl)nc2cc(I)c(F)cc21. The number of aromatic nitrogens is 2. The summed E-state index contributed by atoms with van der Waals surface area (Å²) in [6.45, 7) is 3.70. The average Bonchev–Trinajstić information content (AvgIpc) is 2.66. The molecule has 4 nitrogen and oxygen atoms in total. The second kappa shape index (κ2) is 5.48. The number of nitrogens with two attached hydrogens (primary N) is 1. The molecule has 1 aromatic heterocycles. The van der Waals surface area contributed by atoms with Crippen LogP contribution >= 0.6 is 34.2 Å². The summed E-state index contributed by atoms with van der Waals surface area (Å²) >= 11 is 7.85. The van der Waals surface area contributed by atoms with Crippen molar-refractivity contribution in [3.8, 4) is 0 Å². The van der Waals surface area contributed by atoms with Gasteiger partial charge in [-0.25, -0.2) is 9.37 Å². The number of amides is 1. The summed E-state index contributed by atoms with van der Waals surface area (Å²) in [4.78, 5) is 15.7. The van der Waals surface area contributed by atoms with Gasteiger partial charge in [0.2, 0.25) is 5.91 Å². The minimum Gasteiger partial charge on any atom is -0.370 e. The third-order valence-corrected chi connectivity index (χ3v) is 4.16. The van der Waals surface area contributed by atoms with Gasteiger partial charge in [-0.05, 0) is 42.5 Å². The van der Waals surface area contributed by atoms with E-state index in [4.69, 9.17) is 17.3 Å². The van der Waals surface area contributed by atoms with Gasteiger partial charge in [-0.3, -0.25) is 4.79 Å². The number of fused-ring (bicyclic) bond motifs is 1. The van der Waals surface area contributed by atoms with Crippen LogP contribution < -0.4 is 5.73 Å². The lowest BCUT2D eigenvalue weighted by Gasteiger charge is -2.28. The van der Waals surface area contributed by atoms with E-state index in [0.29, 0.717) is 20.4 Å². The Labute approximate surface area is 134 Å². The van der Waals surface area contributed by atoms with Crippen LogP contribution in [0.2, 0.25) is 0 Å². The van der Waals surface area contributed by atoms with Crippen molar-refractivity contribution >= 4 is 51.1 Å². The van der Waals surface area contributed by atoms with Crippen LogP contribution in [0.15, 0.2) is 12.1 Å². The van der Waals surface area contributed by atoms with Gasteiger partial charge in [0.25, 0.3) is 0 Å². The van der Waals surface area contributed by atoms with Crippen LogP contribution in [0.4, 0.5) is 4.39 Å². The highest BCUT2D eigenvalue weighted by molar-refractivity contribution is 14.1. The van der Waals surface area contributed by atoms with E-state index in [2.05, 4.69) is 4.98 Å². The number of nitrogens with zero attached hydrogens (tertiary/aromatic N) is 2. The number of carbonyl (C=O) groups is 1. The van der Waals surface area contributed by atoms with E-state index in [9.17, 15) is 9.18 Å². The van der Waals surface area contributed by atoms with Gasteiger partial charge < -0.3 is 10.3 Å². The van der Waals surface area contributed by atoms with Crippen LogP contribution in [0.5, 0.6) is 0 Å². The van der Waals surface area contributed by atoms with Crippen molar-refractivity contribution < 1.29 is 9.18 Å². The Hall–Kier alpha value is -0.890. The van der Waals surface area contributed by atoms with E-state index in [-0.39, 0.29) is 18.1 Å². The highest BCUT2D eigenvalue weighted by atomic mass is 127. The first-order valence-corrected chi connectivity index (χ1v) is 7.58. The van der Waals surface area contributed by atoms with Crippen molar-refractivity contribution in [2.45, 2.75) is 31.7 Å². The molecule has 0 aliphatic carbocycles. The van der Waals surface area contributed by atoms with Gasteiger partial charge in [0, 0.05) is 18.0 Å². The number of benzene rings is 1. The quantitative estimate of drug-likeness (QED) is 0.623. The van der Waals surface area contributed by atoms with E-state index in [1.54, 1.807) is 10.6 Å². The molecule has 20 heavy (non-hydrogen) atoms. The van der Waals surface area contributed by atoms with Crippen LogP contribution in [0, 0.1) is 9.39 Å². The Morgan fingerprint density at radius 1 is 1.55 bits per heavy atom. The molecular formula is C13H14ClFIN3O. The summed E-state index contributed by atoms with van der Waals surface area (Å²) < 4.78 is 16.1. The maximum Gasteiger partial charge on any atom is 0.219 e. The maximum absolute atomic E-state index is 13.8. The molecule has 7 heteroatoms. The summed E-state index contributed by atoms with van der Waals surface area (Å²) in [5.74, 6) is 0.0163. The molecule has 1 aromatic carbocycles. The topological polar surface area (TPSA) is 60.9 Å². The zero-order chi connectivity index (χ0) is 15.1. The third-order valence-electron chi connectivity index (χ3n) is 3.10. The molecule has 0 aliphatic heterocycles. The predicted molar refractivity (Wildman–Crippen MR) is 85.1 cm³/mol. The van der Waals surface area contributed by atoms with E-state index in [0.717, 1.165) is 0 Å². The number of carbonyl (C=O) groups excluding carboxylic acids is 1. The van der Waals surface area contributed by atoms with Crippen molar-refractivity contribution in [3.05, 3.63) is 27.3 Å². The monoisotopic (exact) mass is 409 g/mol. The van der Waals surface area contributed by atoms with Crippen molar-refractivity contribution in [2.75, 3.05) is 0 Å².